The number of phenols is 1. The minimum absolute atomic E-state index is 0.312. The maximum atomic E-state index is 9.48. The largest absolute Gasteiger partial charge is 0.508 e. The first-order valence-corrected chi connectivity index (χ1v) is 8.28. The van der Waals surface area contributed by atoms with E-state index in [4.69, 9.17) is 5.73 Å². The summed E-state index contributed by atoms with van der Waals surface area (Å²) in [7, 11) is 0. The first kappa shape index (κ1) is 15.8. The molecule has 1 heterocycles. The number of rotatable bonds is 5. The summed E-state index contributed by atoms with van der Waals surface area (Å²) in [5, 5.41) is 9.48. The Morgan fingerprint density at radius 3 is 2.43 bits per heavy atom. The van der Waals surface area contributed by atoms with Crippen molar-refractivity contribution < 1.29 is 5.11 Å². The lowest BCUT2D eigenvalue weighted by Crippen LogP contribution is -2.53. The summed E-state index contributed by atoms with van der Waals surface area (Å²) in [6.07, 6.45) is 0.978. The van der Waals surface area contributed by atoms with Crippen molar-refractivity contribution in [1.82, 2.24) is 4.90 Å². The quantitative estimate of drug-likeness (QED) is 0.890. The third kappa shape index (κ3) is 4.03. The monoisotopic (exact) mass is 311 g/mol. The summed E-state index contributed by atoms with van der Waals surface area (Å²) in [6.45, 7) is 4.73. The van der Waals surface area contributed by atoms with Crippen LogP contribution >= 0.6 is 0 Å². The van der Waals surface area contributed by atoms with Gasteiger partial charge < -0.3 is 15.7 Å². The van der Waals surface area contributed by atoms with E-state index in [9.17, 15) is 5.11 Å². The highest BCUT2D eigenvalue weighted by atomic mass is 16.3. The van der Waals surface area contributed by atoms with Crippen LogP contribution in [0, 0.1) is 0 Å². The van der Waals surface area contributed by atoms with Crippen molar-refractivity contribution in [2.45, 2.75) is 19.0 Å². The van der Waals surface area contributed by atoms with E-state index in [1.165, 1.54) is 11.3 Å². The molecule has 0 aromatic heterocycles. The van der Waals surface area contributed by atoms with Gasteiger partial charge in [-0.25, -0.2) is 0 Å². The molecule has 1 fully saturated rings. The molecule has 1 aliphatic rings. The Hall–Kier alpha value is -2.04. The molecule has 4 heteroatoms. The number of piperazine rings is 1. The van der Waals surface area contributed by atoms with E-state index < -0.39 is 0 Å². The van der Waals surface area contributed by atoms with Gasteiger partial charge in [0.05, 0.1) is 0 Å². The van der Waals surface area contributed by atoms with Crippen LogP contribution in [0.3, 0.4) is 0 Å². The van der Waals surface area contributed by atoms with Gasteiger partial charge in [-0.15, -0.1) is 0 Å². The fraction of sp³-hybridized carbons (Fsp3) is 0.368. The molecule has 0 amide bonds. The summed E-state index contributed by atoms with van der Waals surface area (Å²) in [5.74, 6) is 0.312. The smallest absolute Gasteiger partial charge is 0.115 e. The molecule has 1 aliphatic heterocycles. The molecule has 23 heavy (non-hydrogen) atoms. The zero-order valence-corrected chi connectivity index (χ0v) is 13.4. The van der Waals surface area contributed by atoms with E-state index in [-0.39, 0.29) is 0 Å². The van der Waals surface area contributed by atoms with Crippen LogP contribution in [0.2, 0.25) is 0 Å². The SMILES string of the molecule is NCCC1CN(Cc2ccccc2)CCN1c1ccc(O)cc1. The lowest BCUT2D eigenvalue weighted by molar-refractivity contribution is 0.211. The highest BCUT2D eigenvalue weighted by molar-refractivity contribution is 5.50. The molecule has 2 aromatic carbocycles. The van der Waals surface area contributed by atoms with Crippen LogP contribution < -0.4 is 10.6 Å². The zero-order valence-electron chi connectivity index (χ0n) is 13.4. The molecular weight excluding hydrogens is 286 g/mol. The standard InChI is InChI=1S/C19H25N3O/c20-11-10-18-15-21(14-16-4-2-1-3-5-16)12-13-22(18)17-6-8-19(23)9-7-17/h1-9,18,23H,10-15,20H2. The molecule has 1 unspecified atom stereocenters. The Balaban J connectivity index is 1.69. The summed E-state index contributed by atoms with van der Waals surface area (Å²) in [6, 6.07) is 18.5. The highest BCUT2D eigenvalue weighted by Crippen LogP contribution is 2.25. The second-order valence-corrected chi connectivity index (χ2v) is 6.16. The predicted octanol–water partition coefficient (Wildman–Crippen LogP) is 2.43. The second kappa shape index (κ2) is 7.49. The molecular formula is C19H25N3O. The fourth-order valence-electron chi connectivity index (χ4n) is 3.33. The lowest BCUT2D eigenvalue weighted by atomic mass is 10.1. The van der Waals surface area contributed by atoms with E-state index in [0.717, 1.165) is 32.6 Å². The van der Waals surface area contributed by atoms with Gasteiger partial charge >= 0.3 is 0 Å². The summed E-state index contributed by atoms with van der Waals surface area (Å²) in [4.78, 5) is 4.93. The Morgan fingerprint density at radius 2 is 1.74 bits per heavy atom. The lowest BCUT2D eigenvalue weighted by Gasteiger charge is -2.43. The summed E-state index contributed by atoms with van der Waals surface area (Å²) >= 11 is 0. The summed E-state index contributed by atoms with van der Waals surface area (Å²) < 4.78 is 0. The van der Waals surface area contributed by atoms with Gasteiger partial charge in [0.1, 0.15) is 5.75 Å². The summed E-state index contributed by atoms with van der Waals surface area (Å²) in [5.41, 5.74) is 8.36. The molecule has 0 radical (unpaired) electrons. The van der Waals surface area contributed by atoms with Crippen molar-refractivity contribution in [2.24, 2.45) is 5.73 Å². The molecule has 0 aliphatic carbocycles. The van der Waals surface area contributed by atoms with Crippen LogP contribution in [0.4, 0.5) is 5.69 Å². The minimum atomic E-state index is 0.312. The van der Waals surface area contributed by atoms with Crippen molar-refractivity contribution in [3.8, 4) is 5.75 Å². The topological polar surface area (TPSA) is 52.7 Å². The van der Waals surface area contributed by atoms with Gasteiger partial charge in [-0.3, -0.25) is 4.90 Å². The van der Waals surface area contributed by atoms with E-state index in [2.05, 4.69) is 40.1 Å². The van der Waals surface area contributed by atoms with Gasteiger partial charge in [-0.2, -0.15) is 0 Å². The first-order chi connectivity index (χ1) is 11.3. The number of anilines is 1. The number of hydrogen-bond acceptors (Lipinski definition) is 4. The Morgan fingerprint density at radius 1 is 1.00 bits per heavy atom. The van der Waals surface area contributed by atoms with Crippen molar-refractivity contribution in [3.63, 3.8) is 0 Å². The van der Waals surface area contributed by atoms with Crippen LogP contribution in [0.5, 0.6) is 5.75 Å². The maximum Gasteiger partial charge on any atom is 0.115 e. The van der Waals surface area contributed by atoms with Gasteiger partial charge in [-0.05, 0) is 42.8 Å². The number of phenolic OH excluding ortho intramolecular Hbond substituents is 1. The number of nitrogens with two attached hydrogens (primary N) is 1. The number of aromatic hydroxyl groups is 1. The van der Waals surface area contributed by atoms with Crippen molar-refractivity contribution >= 4 is 5.69 Å². The average molecular weight is 311 g/mol. The van der Waals surface area contributed by atoms with Crippen LogP contribution in [-0.2, 0) is 6.54 Å². The third-order valence-electron chi connectivity index (χ3n) is 4.50. The molecule has 3 rings (SSSR count). The number of nitrogens with zero attached hydrogens (tertiary/aromatic N) is 2. The number of hydrogen-bond donors (Lipinski definition) is 2. The molecule has 0 saturated carbocycles. The maximum absolute atomic E-state index is 9.48. The Labute approximate surface area is 138 Å². The van der Waals surface area contributed by atoms with Gasteiger partial charge in [-0.1, -0.05) is 30.3 Å². The predicted molar refractivity (Wildman–Crippen MR) is 94.6 cm³/mol. The highest BCUT2D eigenvalue weighted by Gasteiger charge is 2.26. The number of benzene rings is 2. The van der Waals surface area contributed by atoms with E-state index in [1.54, 1.807) is 12.1 Å². The molecule has 1 saturated heterocycles. The van der Waals surface area contributed by atoms with Crippen LogP contribution in [-0.4, -0.2) is 42.2 Å². The van der Waals surface area contributed by atoms with E-state index in [0.29, 0.717) is 18.3 Å². The van der Waals surface area contributed by atoms with Gasteiger partial charge in [0, 0.05) is 37.9 Å². The van der Waals surface area contributed by atoms with E-state index >= 15 is 0 Å². The molecule has 1 atom stereocenters. The molecule has 122 valence electrons. The van der Waals surface area contributed by atoms with Gasteiger partial charge in [0.15, 0.2) is 0 Å². The molecule has 0 spiro atoms. The fourth-order valence-corrected chi connectivity index (χ4v) is 3.33. The third-order valence-corrected chi connectivity index (χ3v) is 4.50. The van der Waals surface area contributed by atoms with Crippen molar-refractivity contribution in [2.75, 3.05) is 31.1 Å². The van der Waals surface area contributed by atoms with Crippen LogP contribution in [0.15, 0.2) is 54.6 Å². The second-order valence-electron chi connectivity index (χ2n) is 6.16. The van der Waals surface area contributed by atoms with E-state index in [1.807, 2.05) is 12.1 Å². The van der Waals surface area contributed by atoms with Gasteiger partial charge in [0.25, 0.3) is 0 Å². The zero-order chi connectivity index (χ0) is 16.1. The molecule has 4 nitrogen and oxygen atoms in total. The van der Waals surface area contributed by atoms with Crippen LogP contribution in [0.1, 0.15) is 12.0 Å². The van der Waals surface area contributed by atoms with Crippen molar-refractivity contribution in [1.29, 1.82) is 0 Å². The first-order valence-electron chi connectivity index (χ1n) is 8.28. The average Bonchev–Trinajstić information content (AvgIpc) is 2.57. The Kier molecular flexibility index (Phi) is 5.16. The van der Waals surface area contributed by atoms with Crippen LogP contribution in [0.25, 0.3) is 0 Å². The normalized spacial score (nSPS) is 19.0. The molecule has 2 aromatic rings. The molecule has 0 bridgehead atoms. The molecule has 3 N–H and O–H groups in total. The van der Waals surface area contributed by atoms with Gasteiger partial charge in [0.2, 0.25) is 0 Å². The Bertz CT molecular complexity index is 600. The van der Waals surface area contributed by atoms with Crippen molar-refractivity contribution in [3.05, 3.63) is 60.2 Å². The minimum Gasteiger partial charge on any atom is -0.508 e.